The molecule has 0 saturated heterocycles. The van der Waals surface area contributed by atoms with Crippen LogP contribution < -0.4 is 11.1 Å². The summed E-state index contributed by atoms with van der Waals surface area (Å²) in [7, 11) is 0. The molecule has 1 amide bonds. The second-order valence-corrected chi connectivity index (χ2v) is 5.90. The summed E-state index contributed by atoms with van der Waals surface area (Å²) in [6.45, 7) is 0.294. The lowest BCUT2D eigenvalue weighted by atomic mass is 9.92. The Balaban J connectivity index is 1.66. The number of aryl methyl sites for hydroxylation is 1. The number of aromatic nitrogens is 1. The maximum absolute atomic E-state index is 12.1. The lowest BCUT2D eigenvalue weighted by molar-refractivity contribution is -0.116. The van der Waals surface area contributed by atoms with E-state index in [-0.39, 0.29) is 11.9 Å². The minimum absolute atomic E-state index is 0.0572. The molecule has 3 rings (SSSR count). The molecule has 1 heterocycles. The second kappa shape index (κ2) is 5.92. The lowest BCUT2D eigenvalue weighted by Crippen LogP contribution is -2.18. The number of anilines is 1. The molecule has 1 aliphatic carbocycles. The molecule has 1 aromatic heterocycles. The van der Waals surface area contributed by atoms with Crippen molar-refractivity contribution in [2.45, 2.75) is 31.8 Å². The van der Waals surface area contributed by atoms with Gasteiger partial charge in [-0.3, -0.25) is 4.79 Å². The number of nitrogens with one attached hydrogen (secondary N) is 1. The Kier molecular flexibility index (Phi) is 3.99. The van der Waals surface area contributed by atoms with Crippen molar-refractivity contribution in [1.82, 2.24) is 4.57 Å². The van der Waals surface area contributed by atoms with Crippen LogP contribution in [0.5, 0.6) is 0 Å². The third-order valence-electron chi connectivity index (χ3n) is 3.81. The molecule has 1 unspecified atom stereocenters. The molecule has 5 heteroatoms. The molecule has 1 aromatic carbocycles. The van der Waals surface area contributed by atoms with E-state index in [0.717, 1.165) is 24.9 Å². The number of carbonyl (C=O) groups excluding carboxylic acids is 1. The van der Waals surface area contributed by atoms with E-state index in [0.29, 0.717) is 11.6 Å². The van der Waals surface area contributed by atoms with E-state index in [1.54, 1.807) is 24.3 Å². The van der Waals surface area contributed by atoms with Gasteiger partial charge in [-0.05, 0) is 54.7 Å². The van der Waals surface area contributed by atoms with Crippen molar-refractivity contribution < 1.29 is 4.79 Å². The minimum Gasteiger partial charge on any atom is -0.344 e. The molecule has 0 spiro atoms. The number of nitrogens with two attached hydrogens (primary N) is 1. The Morgan fingerprint density at radius 1 is 1.33 bits per heavy atom. The highest BCUT2D eigenvalue weighted by molar-refractivity contribution is 6.30. The highest BCUT2D eigenvalue weighted by atomic mass is 35.5. The fourth-order valence-corrected chi connectivity index (χ4v) is 2.90. The van der Waals surface area contributed by atoms with E-state index in [4.69, 9.17) is 17.3 Å². The lowest BCUT2D eigenvalue weighted by Gasteiger charge is -2.17. The van der Waals surface area contributed by atoms with Crippen molar-refractivity contribution in [3.63, 3.8) is 0 Å². The summed E-state index contributed by atoms with van der Waals surface area (Å²) in [5.74, 6) is -0.0572. The predicted molar refractivity (Wildman–Crippen MR) is 84.4 cm³/mol. The van der Waals surface area contributed by atoms with Crippen LogP contribution in [-0.4, -0.2) is 10.5 Å². The van der Waals surface area contributed by atoms with Gasteiger partial charge < -0.3 is 15.6 Å². The van der Waals surface area contributed by atoms with E-state index in [2.05, 4.69) is 5.32 Å². The molecule has 1 atom stereocenters. The van der Waals surface area contributed by atoms with Gasteiger partial charge in [0.1, 0.15) is 6.54 Å². The zero-order chi connectivity index (χ0) is 14.8. The summed E-state index contributed by atoms with van der Waals surface area (Å²) in [4.78, 5) is 12.1. The first-order valence-corrected chi connectivity index (χ1v) is 7.49. The Morgan fingerprint density at radius 3 is 2.81 bits per heavy atom. The van der Waals surface area contributed by atoms with Crippen LogP contribution in [-0.2, 0) is 17.8 Å². The molecule has 3 N–H and O–H groups in total. The van der Waals surface area contributed by atoms with E-state index in [9.17, 15) is 4.79 Å². The molecule has 0 fully saturated rings. The Bertz CT molecular complexity index is 648. The third kappa shape index (κ3) is 3.28. The number of benzene rings is 1. The summed E-state index contributed by atoms with van der Waals surface area (Å²) >= 11 is 5.82. The van der Waals surface area contributed by atoms with E-state index >= 15 is 0 Å². The SMILES string of the molecule is NC1CCCc2cn(CC(=O)Nc3ccc(Cl)cc3)cc21. The van der Waals surface area contributed by atoms with Gasteiger partial charge in [0.25, 0.3) is 0 Å². The summed E-state index contributed by atoms with van der Waals surface area (Å²) in [5, 5.41) is 3.51. The van der Waals surface area contributed by atoms with Crippen molar-refractivity contribution in [1.29, 1.82) is 0 Å². The molecular formula is C16H18ClN3O. The van der Waals surface area contributed by atoms with Gasteiger partial charge in [0.05, 0.1) is 0 Å². The largest absolute Gasteiger partial charge is 0.344 e. The van der Waals surface area contributed by atoms with Crippen LogP contribution in [0.1, 0.15) is 30.0 Å². The average Bonchev–Trinajstić information content (AvgIpc) is 2.85. The Hall–Kier alpha value is -1.78. The highest BCUT2D eigenvalue weighted by Gasteiger charge is 2.19. The number of rotatable bonds is 3. The number of carbonyl (C=O) groups is 1. The van der Waals surface area contributed by atoms with Crippen LogP contribution in [0.25, 0.3) is 0 Å². The third-order valence-corrected chi connectivity index (χ3v) is 4.06. The smallest absolute Gasteiger partial charge is 0.244 e. The van der Waals surface area contributed by atoms with Gasteiger partial charge in [0.2, 0.25) is 5.91 Å². The van der Waals surface area contributed by atoms with Crippen LogP contribution in [0.4, 0.5) is 5.69 Å². The maximum atomic E-state index is 12.1. The van der Waals surface area contributed by atoms with Crippen molar-refractivity contribution in [3.05, 3.63) is 52.8 Å². The van der Waals surface area contributed by atoms with Gasteiger partial charge in [-0.2, -0.15) is 0 Å². The Labute approximate surface area is 128 Å². The van der Waals surface area contributed by atoms with E-state index in [1.165, 1.54) is 11.1 Å². The van der Waals surface area contributed by atoms with Gasteiger partial charge in [0.15, 0.2) is 0 Å². The van der Waals surface area contributed by atoms with Gasteiger partial charge >= 0.3 is 0 Å². The van der Waals surface area contributed by atoms with Gasteiger partial charge in [-0.15, -0.1) is 0 Å². The minimum atomic E-state index is -0.0572. The fraction of sp³-hybridized carbons (Fsp3) is 0.312. The average molecular weight is 304 g/mol. The molecule has 0 radical (unpaired) electrons. The topological polar surface area (TPSA) is 60.0 Å². The zero-order valence-corrected chi connectivity index (χ0v) is 12.4. The molecule has 2 aromatic rings. The summed E-state index contributed by atoms with van der Waals surface area (Å²) in [5.41, 5.74) is 9.30. The van der Waals surface area contributed by atoms with E-state index < -0.39 is 0 Å². The number of nitrogens with zero attached hydrogens (tertiary/aromatic N) is 1. The zero-order valence-electron chi connectivity index (χ0n) is 11.7. The van der Waals surface area contributed by atoms with Crippen LogP contribution in [0.15, 0.2) is 36.7 Å². The molecule has 4 nitrogen and oxygen atoms in total. The molecular weight excluding hydrogens is 286 g/mol. The fourth-order valence-electron chi connectivity index (χ4n) is 2.78. The molecule has 0 saturated carbocycles. The maximum Gasteiger partial charge on any atom is 0.244 e. The van der Waals surface area contributed by atoms with Gasteiger partial charge in [-0.1, -0.05) is 11.6 Å². The molecule has 1 aliphatic rings. The second-order valence-electron chi connectivity index (χ2n) is 5.46. The first kappa shape index (κ1) is 14.2. The number of fused-ring (bicyclic) bond motifs is 1. The molecule has 110 valence electrons. The highest BCUT2D eigenvalue weighted by Crippen LogP contribution is 2.28. The van der Waals surface area contributed by atoms with Gasteiger partial charge in [0, 0.05) is 29.1 Å². The van der Waals surface area contributed by atoms with Crippen LogP contribution in [0, 0.1) is 0 Å². The number of hydrogen-bond donors (Lipinski definition) is 2. The van der Waals surface area contributed by atoms with Crippen molar-refractivity contribution >= 4 is 23.2 Å². The summed E-state index contributed by atoms with van der Waals surface area (Å²) < 4.78 is 1.92. The normalized spacial score (nSPS) is 17.3. The molecule has 0 aliphatic heterocycles. The molecule has 21 heavy (non-hydrogen) atoms. The van der Waals surface area contributed by atoms with Crippen molar-refractivity contribution in [3.8, 4) is 0 Å². The first-order chi connectivity index (χ1) is 10.1. The predicted octanol–water partition coefficient (Wildman–Crippen LogP) is 3.12. The van der Waals surface area contributed by atoms with Gasteiger partial charge in [-0.25, -0.2) is 0 Å². The molecule has 0 bridgehead atoms. The number of halogens is 1. The summed E-state index contributed by atoms with van der Waals surface area (Å²) in [6, 6.07) is 7.19. The summed E-state index contributed by atoms with van der Waals surface area (Å²) in [6.07, 6.45) is 7.23. The standard InChI is InChI=1S/C16H18ClN3O/c17-12-4-6-13(7-5-12)19-16(21)10-20-8-11-2-1-3-15(18)14(11)9-20/h4-9,15H,1-3,10,18H2,(H,19,21). The monoisotopic (exact) mass is 303 g/mol. The van der Waals surface area contributed by atoms with Crippen LogP contribution >= 0.6 is 11.6 Å². The Morgan fingerprint density at radius 2 is 2.10 bits per heavy atom. The van der Waals surface area contributed by atoms with Crippen LogP contribution in [0.3, 0.4) is 0 Å². The van der Waals surface area contributed by atoms with Crippen molar-refractivity contribution in [2.24, 2.45) is 5.73 Å². The van der Waals surface area contributed by atoms with E-state index in [1.807, 2.05) is 17.0 Å². The van der Waals surface area contributed by atoms with Crippen molar-refractivity contribution in [2.75, 3.05) is 5.32 Å². The van der Waals surface area contributed by atoms with Crippen LogP contribution in [0.2, 0.25) is 5.02 Å². The number of hydrogen-bond acceptors (Lipinski definition) is 2. The first-order valence-electron chi connectivity index (χ1n) is 7.11. The number of amides is 1. The quantitative estimate of drug-likeness (QED) is 0.915.